The molecule has 0 rings (SSSR count). The van der Waals surface area contributed by atoms with E-state index in [0.29, 0.717) is 19.4 Å². The summed E-state index contributed by atoms with van der Waals surface area (Å²) in [5, 5.41) is 22.9. The summed E-state index contributed by atoms with van der Waals surface area (Å²) in [6.07, 6.45) is 45.8. The van der Waals surface area contributed by atoms with Crippen LogP contribution in [-0.4, -0.2) is 47.4 Å². The molecule has 0 radical (unpaired) electrons. The number of ether oxygens (including phenoxy) is 1. The molecule has 51 heavy (non-hydrogen) atoms. The predicted octanol–water partition coefficient (Wildman–Crippen LogP) is 12.4. The van der Waals surface area contributed by atoms with Gasteiger partial charge in [-0.1, -0.05) is 179 Å². The molecule has 0 aliphatic rings. The number of aliphatic hydroxyl groups excluding tert-OH is 2. The zero-order valence-electron chi connectivity index (χ0n) is 33.8. The summed E-state index contributed by atoms with van der Waals surface area (Å²) in [5.74, 6) is -0.116. The molecule has 0 spiro atoms. The van der Waals surface area contributed by atoms with E-state index in [-0.39, 0.29) is 18.5 Å². The fraction of sp³-hybridized carbons (Fsp3) is 0.867. The van der Waals surface area contributed by atoms with Crippen LogP contribution in [0.5, 0.6) is 0 Å². The molecule has 0 fully saturated rings. The van der Waals surface area contributed by atoms with Crippen molar-refractivity contribution >= 4 is 11.9 Å². The first-order valence-corrected chi connectivity index (χ1v) is 22.1. The number of unbranched alkanes of at least 4 members (excludes halogenated alkanes) is 27. The second-order valence-corrected chi connectivity index (χ2v) is 15.0. The van der Waals surface area contributed by atoms with Crippen molar-refractivity contribution in [1.29, 1.82) is 0 Å². The van der Waals surface area contributed by atoms with Crippen LogP contribution in [0.15, 0.2) is 24.3 Å². The lowest BCUT2D eigenvalue weighted by molar-refractivity contribution is -0.143. The first-order valence-electron chi connectivity index (χ1n) is 22.1. The first kappa shape index (κ1) is 49.3. The predicted molar refractivity (Wildman–Crippen MR) is 218 cm³/mol. The summed E-state index contributed by atoms with van der Waals surface area (Å²) in [4.78, 5) is 24.3. The summed E-state index contributed by atoms with van der Waals surface area (Å²) in [6, 6.07) is -0.640. The monoisotopic (exact) mass is 720 g/mol. The maximum atomic E-state index is 12.4. The normalized spacial score (nSPS) is 12.9. The Balaban J connectivity index is 3.52. The van der Waals surface area contributed by atoms with Gasteiger partial charge in [0.1, 0.15) is 0 Å². The van der Waals surface area contributed by atoms with Crippen molar-refractivity contribution < 1.29 is 24.5 Å². The molecule has 1 amide bonds. The van der Waals surface area contributed by atoms with Crippen molar-refractivity contribution in [2.24, 2.45) is 0 Å². The van der Waals surface area contributed by atoms with Crippen LogP contribution in [0.3, 0.4) is 0 Å². The highest BCUT2D eigenvalue weighted by Gasteiger charge is 2.18. The lowest BCUT2D eigenvalue weighted by Gasteiger charge is -2.20. The molecule has 0 aliphatic carbocycles. The van der Waals surface area contributed by atoms with Gasteiger partial charge in [-0.05, 0) is 57.8 Å². The van der Waals surface area contributed by atoms with Crippen molar-refractivity contribution in [1.82, 2.24) is 5.32 Å². The average molecular weight is 720 g/mol. The number of hydrogen-bond acceptors (Lipinski definition) is 5. The molecule has 0 aliphatic heterocycles. The zero-order valence-corrected chi connectivity index (χ0v) is 33.8. The van der Waals surface area contributed by atoms with Crippen molar-refractivity contribution in [3.05, 3.63) is 24.3 Å². The quantitative estimate of drug-likeness (QED) is 0.0333. The number of nitrogens with one attached hydrogen (secondary N) is 1. The Kier molecular flexibility index (Phi) is 39.8. The molecule has 0 saturated heterocycles. The highest BCUT2D eigenvalue weighted by atomic mass is 16.5. The molecular weight excluding hydrogens is 634 g/mol. The van der Waals surface area contributed by atoms with E-state index in [1.807, 2.05) is 6.08 Å². The van der Waals surface area contributed by atoms with Crippen molar-refractivity contribution in [3.63, 3.8) is 0 Å². The van der Waals surface area contributed by atoms with Gasteiger partial charge in [-0.2, -0.15) is 0 Å². The molecule has 3 N–H and O–H groups in total. The maximum absolute atomic E-state index is 12.4. The Morgan fingerprint density at radius 1 is 0.529 bits per heavy atom. The third-order valence-corrected chi connectivity index (χ3v) is 9.97. The van der Waals surface area contributed by atoms with Crippen LogP contribution in [-0.2, 0) is 14.3 Å². The lowest BCUT2D eigenvalue weighted by atomic mass is 10.0. The smallest absolute Gasteiger partial charge is 0.305 e. The number of amides is 1. The van der Waals surface area contributed by atoms with Gasteiger partial charge < -0.3 is 20.3 Å². The van der Waals surface area contributed by atoms with Crippen molar-refractivity contribution in [3.8, 4) is 0 Å². The summed E-state index contributed by atoms with van der Waals surface area (Å²) in [7, 11) is 0. The maximum Gasteiger partial charge on any atom is 0.305 e. The minimum absolute atomic E-state index is 0.0266. The Labute approximate surface area is 316 Å². The summed E-state index contributed by atoms with van der Waals surface area (Å²) in [5.41, 5.74) is 0. The molecule has 300 valence electrons. The number of rotatable bonds is 40. The zero-order chi connectivity index (χ0) is 37.3. The third kappa shape index (κ3) is 37.9. The van der Waals surface area contributed by atoms with Crippen LogP contribution >= 0.6 is 0 Å². The molecule has 0 saturated carbocycles. The molecule has 6 nitrogen and oxygen atoms in total. The van der Waals surface area contributed by atoms with Gasteiger partial charge in [-0.25, -0.2) is 0 Å². The highest BCUT2D eigenvalue weighted by Crippen LogP contribution is 2.14. The van der Waals surface area contributed by atoms with E-state index in [4.69, 9.17) is 4.74 Å². The topological polar surface area (TPSA) is 95.9 Å². The fourth-order valence-electron chi connectivity index (χ4n) is 6.51. The van der Waals surface area contributed by atoms with Gasteiger partial charge in [0, 0.05) is 12.8 Å². The van der Waals surface area contributed by atoms with Gasteiger partial charge in [0.2, 0.25) is 5.91 Å². The van der Waals surface area contributed by atoms with Gasteiger partial charge in [-0.3, -0.25) is 9.59 Å². The Bertz CT molecular complexity index is 797. The highest BCUT2D eigenvalue weighted by molar-refractivity contribution is 5.76. The standard InChI is InChI=1S/C45H85NO5/c1-3-5-7-9-11-13-15-19-23-27-31-35-39-45(50)51-40-36-32-28-24-20-16-18-22-26-30-34-38-44(49)46-42(41-47)43(48)37-33-29-25-21-17-14-12-10-8-6-4-2/h11,13,33,37,42-43,47-48H,3-10,12,14-32,34-36,38-41H2,1-2H3,(H,46,49)/b13-11-,37-33+. The Morgan fingerprint density at radius 3 is 1.43 bits per heavy atom. The van der Waals surface area contributed by atoms with Gasteiger partial charge in [0.15, 0.2) is 0 Å². The van der Waals surface area contributed by atoms with Crippen LogP contribution in [0.2, 0.25) is 0 Å². The SMILES string of the molecule is CCCCC/C=C\CCCCCCCC(=O)OCCCCCCCCCCCCCC(=O)NC(CO)C(O)/C=C/CCCCCCCCCCC. The van der Waals surface area contributed by atoms with E-state index in [1.54, 1.807) is 6.08 Å². The number of carbonyl (C=O) groups is 2. The van der Waals surface area contributed by atoms with Crippen molar-refractivity contribution in [2.45, 2.75) is 238 Å². The van der Waals surface area contributed by atoms with Crippen LogP contribution in [0.4, 0.5) is 0 Å². The van der Waals surface area contributed by atoms with Crippen LogP contribution in [0.1, 0.15) is 226 Å². The van der Waals surface area contributed by atoms with Crippen LogP contribution in [0.25, 0.3) is 0 Å². The molecule has 0 bridgehead atoms. The van der Waals surface area contributed by atoms with Gasteiger partial charge >= 0.3 is 5.97 Å². The van der Waals surface area contributed by atoms with Gasteiger partial charge in [0.05, 0.1) is 25.4 Å². The molecule has 2 unspecified atom stereocenters. The summed E-state index contributed by atoms with van der Waals surface area (Å²) in [6.45, 7) is 4.80. The Hall–Kier alpha value is -1.66. The van der Waals surface area contributed by atoms with E-state index in [9.17, 15) is 19.8 Å². The van der Waals surface area contributed by atoms with E-state index in [0.717, 1.165) is 57.8 Å². The van der Waals surface area contributed by atoms with Gasteiger partial charge in [0.25, 0.3) is 0 Å². The molecular formula is C45H85NO5. The van der Waals surface area contributed by atoms with Crippen LogP contribution < -0.4 is 5.32 Å². The minimum atomic E-state index is -0.854. The van der Waals surface area contributed by atoms with Gasteiger partial charge in [-0.15, -0.1) is 0 Å². The number of esters is 1. The first-order chi connectivity index (χ1) is 25.0. The number of allylic oxidation sites excluding steroid dienone is 3. The minimum Gasteiger partial charge on any atom is -0.466 e. The summed E-state index contributed by atoms with van der Waals surface area (Å²) < 4.78 is 5.43. The second-order valence-electron chi connectivity index (χ2n) is 15.0. The molecule has 2 atom stereocenters. The van der Waals surface area contributed by atoms with E-state index in [2.05, 4.69) is 31.3 Å². The second kappa shape index (κ2) is 41.1. The largest absolute Gasteiger partial charge is 0.466 e. The van der Waals surface area contributed by atoms with E-state index < -0.39 is 12.1 Å². The molecule has 0 aromatic carbocycles. The van der Waals surface area contributed by atoms with Crippen LogP contribution in [0, 0.1) is 0 Å². The Morgan fingerprint density at radius 2 is 0.922 bits per heavy atom. The number of hydrogen-bond donors (Lipinski definition) is 3. The van der Waals surface area contributed by atoms with E-state index in [1.165, 1.54) is 141 Å². The molecule has 0 aromatic rings. The van der Waals surface area contributed by atoms with E-state index >= 15 is 0 Å². The third-order valence-electron chi connectivity index (χ3n) is 9.97. The fourth-order valence-corrected chi connectivity index (χ4v) is 6.51. The summed E-state index contributed by atoms with van der Waals surface area (Å²) >= 11 is 0. The number of carbonyl (C=O) groups excluding carboxylic acids is 2. The molecule has 6 heteroatoms. The number of aliphatic hydroxyl groups is 2. The average Bonchev–Trinajstić information content (AvgIpc) is 3.13. The van der Waals surface area contributed by atoms with Crippen molar-refractivity contribution in [2.75, 3.05) is 13.2 Å². The molecule has 0 aromatic heterocycles. The lowest BCUT2D eigenvalue weighted by Crippen LogP contribution is -2.45. The molecule has 0 heterocycles.